The summed E-state index contributed by atoms with van der Waals surface area (Å²) in [7, 11) is -3.69. The number of sulfonamides is 1. The van der Waals surface area contributed by atoms with Gasteiger partial charge in [-0.3, -0.25) is 4.98 Å². The van der Waals surface area contributed by atoms with E-state index in [1.54, 1.807) is 0 Å². The van der Waals surface area contributed by atoms with Crippen molar-refractivity contribution in [3.8, 4) is 0 Å². The van der Waals surface area contributed by atoms with Gasteiger partial charge >= 0.3 is 0 Å². The van der Waals surface area contributed by atoms with Crippen molar-refractivity contribution in [2.24, 2.45) is 0 Å². The molecule has 118 valence electrons. The zero-order valence-electron chi connectivity index (χ0n) is 12.4. The zero-order valence-corrected chi connectivity index (χ0v) is 13.2. The van der Waals surface area contributed by atoms with Crippen LogP contribution in [-0.4, -0.2) is 42.9 Å². The van der Waals surface area contributed by atoms with E-state index in [1.165, 1.54) is 10.5 Å². The van der Waals surface area contributed by atoms with Crippen LogP contribution in [0.25, 0.3) is 0 Å². The number of hydrogen-bond acceptors (Lipinski definition) is 4. The Morgan fingerprint density at radius 3 is 2.86 bits per heavy atom. The molecule has 1 atom stereocenters. The highest BCUT2D eigenvalue weighted by Crippen LogP contribution is 2.25. The fourth-order valence-electron chi connectivity index (χ4n) is 2.54. The molecule has 0 bridgehead atoms. The quantitative estimate of drug-likeness (QED) is 0.899. The van der Waals surface area contributed by atoms with Gasteiger partial charge in [0.05, 0.1) is 6.20 Å². The minimum Gasteiger partial charge on any atom is -0.313 e. The highest BCUT2D eigenvalue weighted by Gasteiger charge is 2.33. The fourth-order valence-corrected chi connectivity index (χ4v) is 4.20. The Labute approximate surface area is 125 Å². The highest BCUT2D eigenvalue weighted by molar-refractivity contribution is 7.89. The van der Waals surface area contributed by atoms with Gasteiger partial charge in [-0.05, 0) is 18.9 Å². The number of piperidine rings is 1. The van der Waals surface area contributed by atoms with Crippen LogP contribution < -0.4 is 5.32 Å². The Hall–Kier alpha value is -1.05. The topological polar surface area (TPSA) is 62.3 Å². The third kappa shape index (κ3) is 3.99. The van der Waals surface area contributed by atoms with Gasteiger partial charge in [-0.1, -0.05) is 20.3 Å². The number of rotatable bonds is 5. The largest absolute Gasteiger partial charge is 0.313 e. The summed E-state index contributed by atoms with van der Waals surface area (Å²) in [5.74, 6) is -0.634. The maximum Gasteiger partial charge on any atom is 0.245 e. The summed E-state index contributed by atoms with van der Waals surface area (Å²) in [6, 6.07) is 1.24. The molecule has 0 saturated carbocycles. The molecule has 0 aliphatic carbocycles. The molecule has 0 aromatic carbocycles. The van der Waals surface area contributed by atoms with E-state index >= 15 is 0 Å². The van der Waals surface area contributed by atoms with Crippen LogP contribution >= 0.6 is 0 Å². The molecule has 1 aromatic heterocycles. The molecule has 1 aliphatic rings. The first-order valence-electron chi connectivity index (χ1n) is 7.27. The summed E-state index contributed by atoms with van der Waals surface area (Å²) in [6.45, 7) is 5.14. The van der Waals surface area contributed by atoms with Crippen LogP contribution in [0.3, 0.4) is 0 Å². The van der Waals surface area contributed by atoms with Crippen LogP contribution in [0.2, 0.25) is 0 Å². The summed E-state index contributed by atoms with van der Waals surface area (Å²) in [6.07, 6.45) is 4.88. The van der Waals surface area contributed by atoms with E-state index in [2.05, 4.69) is 10.3 Å². The van der Waals surface area contributed by atoms with Crippen LogP contribution in [0.1, 0.15) is 33.1 Å². The van der Waals surface area contributed by atoms with E-state index in [9.17, 15) is 12.8 Å². The summed E-state index contributed by atoms with van der Waals surface area (Å²) in [4.78, 5) is 3.58. The molecule has 1 aromatic rings. The Bertz CT molecular complexity index is 577. The Balaban J connectivity index is 2.23. The van der Waals surface area contributed by atoms with Crippen LogP contribution in [0.5, 0.6) is 0 Å². The molecular formula is C14H22FN3O2S. The van der Waals surface area contributed by atoms with E-state index in [4.69, 9.17) is 0 Å². The highest BCUT2D eigenvalue weighted by atomic mass is 32.2. The maximum absolute atomic E-state index is 13.3. The molecule has 2 rings (SSSR count). The Morgan fingerprint density at radius 2 is 2.19 bits per heavy atom. The molecule has 5 nitrogen and oxygen atoms in total. The summed E-state index contributed by atoms with van der Waals surface area (Å²) in [5.41, 5.74) is 0. The van der Waals surface area contributed by atoms with Gasteiger partial charge in [0.15, 0.2) is 0 Å². The van der Waals surface area contributed by atoms with Gasteiger partial charge < -0.3 is 5.32 Å². The van der Waals surface area contributed by atoms with Crippen molar-refractivity contribution in [1.29, 1.82) is 0 Å². The van der Waals surface area contributed by atoms with Crippen molar-refractivity contribution < 1.29 is 12.8 Å². The molecule has 21 heavy (non-hydrogen) atoms. The lowest BCUT2D eigenvalue weighted by atomic mass is 10.0. The molecule has 7 heteroatoms. The monoisotopic (exact) mass is 315 g/mol. The first-order chi connectivity index (χ1) is 9.91. The number of nitrogens with one attached hydrogen (secondary N) is 1. The third-order valence-electron chi connectivity index (χ3n) is 3.62. The van der Waals surface area contributed by atoms with E-state index in [-0.39, 0.29) is 10.9 Å². The van der Waals surface area contributed by atoms with Crippen molar-refractivity contribution in [1.82, 2.24) is 14.6 Å². The molecular weight excluding hydrogens is 293 g/mol. The lowest BCUT2D eigenvalue weighted by Gasteiger charge is -2.35. The minimum absolute atomic E-state index is 0.0704. The van der Waals surface area contributed by atoms with Gasteiger partial charge in [-0.25, -0.2) is 12.8 Å². The number of pyridine rings is 1. The van der Waals surface area contributed by atoms with Crippen molar-refractivity contribution in [3.63, 3.8) is 0 Å². The third-order valence-corrected chi connectivity index (χ3v) is 5.54. The lowest BCUT2D eigenvalue weighted by molar-refractivity contribution is 0.242. The Kier molecular flexibility index (Phi) is 5.29. The fraction of sp³-hybridized carbons (Fsp3) is 0.643. The molecule has 1 N–H and O–H groups in total. The average Bonchev–Trinajstić information content (AvgIpc) is 2.45. The van der Waals surface area contributed by atoms with Gasteiger partial charge in [0.25, 0.3) is 0 Å². The average molecular weight is 315 g/mol. The lowest BCUT2D eigenvalue weighted by Crippen LogP contribution is -2.49. The Morgan fingerprint density at radius 1 is 1.43 bits per heavy atom. The molecule has 0 amide bonds. The van der Waals surface area contributed by atoms with Gasteiger partial charge in [0.1, 0.15) is 10.7 Å². The molecule has 1 fully saturated rings. The van der Waals surface area contributed by atoms with E-state index < -0.39 is 15.8 Å². The first kappa shape index (κ1) is 16.3. The number of aromatic nitrogens is 1. The second-order valence-electron chi connectivity index (χ2n) is 5.67. The minimum atomic E-state index is -3.69. The van der Waals surface area contributed by atoms with Gasteiger partial charge in [-0.15, -0.1) is 0 Å². The first-order valence-corrected chi connectivity index (χ1v) is 8.71. The van der Waals surface area contributed by atoms with Crippen molar-refractivity contribution in [2.75, 3.05) is 13.1 Å². The number of halogens is 1. The SMILES string of the molecule is CC(C)NCC1CCCCN1S(=O)(=O)c1cncc(F)c1. The van der Waals surface area contributed by atoms with Crippen molar-refractivity contribution in [3.05, 3.63) is 24.3 Å². The number of nitrogens with zero attached hydrogens (tertiary/aromatic N) is 2. The molecule has 1 saturated heterocycles. The second-order valence-corrected chi connectivity index (χ2v) is 7.56. The molecule has 1 unspecified atom stereocenters. The maximum atomic E-state index is 13.3. The van der Waals surface area contributed by atoms with Crippen LogP contribution in [0, 0.1) is 5.82 Å². The van der Waals surface area contributed by atoms with E-state index in [1.807, 2.05) is 13.8 Å². The molecule has 2 heterocycles. The summed E-state index contributed by atoms with van der Waals surface area (Å²) < 4.78 is 40.1. The van der Waals surface area contributed by atoms with Crippen LogP contribution in [-0.2, 0) is 10.0 Å². The van der Waals surface area contributed by atoms with E-state index in [0.717, 1.165) is 31.5 Å². The summed E-state index contributed by atoms with van der Waals surface area (Å²) >= 11 is 0. The standard InChI is InChI=1S/C14H22FN3O2S/c1-11(2)17-9-13-5-3-4-6-18(13)21(19,20)14-7-12(15)8-16-10-14/h7-8,10-11,13,17H,3-6,9H2,1-2H3. The molecule has 0 radical (unpaired) electrons. The van der Waals surface area contributed by atoms with Gasteiger partial charge in [0, 0.05) is 31.4 Å². The predicted molar refractivity (Wildman–Crippen MR) is 78.9 cm³/mol. The zero-order chi connectivity index (χ0) is 15.5. The van der Waals surface area contributed by atoms with Crippen LogP contribution in [0.15, 0.2) is 23.4 Å². The van der Waals surface area contributed by atoms with Crippen molar-refractivity contribution in [2.45, 2.75) is 50.1 Å². The second kappa shape index (κ2) is 6.81. The summed E-state index contributed by atoms with van der Waals surface area (Å²) in [5, 5.41) is 3.28. The normalized spacial score (nSPS) is 20.9. The van der Waals surface area contributed by atoms with Gasteiger partial charge in [-0.2, -0.15) is 4.31 Å². The van der Waals surface area contributed by atoms with Crippen molar-refractivity contribution >= 4 is 10.0 Å². The number of hydrogen-bond donors (Lipinski definition) is 1. The van der Waals surface area contributed by atoms with Crippen LogP contribution in [0.4, 0.5) is 4.39 Å². The predicted octanol–water partition coefficient (Wildman–Crippen LogP) is 1.76. The molecule has 0 spiro atoms. The smallest absolute Gasteiger partial charge is 0.245 e. The van der Waals surface area contributed by atoms with E-state index in [0.29, 0.717) is 19.1 Å². The molecule has 1 aliphatic heterocycles. The van der Waals surface area contributed by atoms with Gasteiger partial charge in [0.2, 0.25) is 10.0 Å².